The summed E-state index contributed by atoms with van der Waals surface area (Å²) in [6.45, 7) is 0. The van der Waals surface area contributed by atoms with Gasteiger partial charge in [-0.3, -0.25) is 14.9 Å². The molecule has 1 amide bonds. The molecular weight excluding hydrogens is 272 g/mol. The molecule has 2 aromatic rings. The van der Waals surface area contributed by atoms with Crippen LogP contribution in [0.1, 0.15) is 10.4 Å². The van der Waals surface area contributed by atoms with Gasteiger partial charge < -0.3 is 9.72 Å². The van der Waals surface area contributed by atoms with Crippen molar-refractivity contribution in [3.63, 3.8) is 0 Å². The number of nitrogens with zero attached hydrogens (tertiary/aromatic N) is 2. The van der Waals surface area contributed by atoms with Crippen LogP contribution in [0.2, 0.25) is 5.15 Å². The van der Waals surface area contributed by atoms with Gasteiger partial charge in [0, 0.05) is 12.3 Å². The minimum Gasteiger partial charge on any atom is -0.481 e. The predicted molar refractivity (Wildman–Crippen MR) is 68.6 cm³/mol. The predicted octanol–water partition coefficient (Wildman–Crippen LogP) is 1.08. The molecule has 2 heterocycles. The number of anilines is 1. The van der Waals surface area contributed by atoms with Crippen molar-refractivity contribution in [1.82, 2.24) is 15.0 Å². The number of hydrogen-bond donors (Lipinski definition) is 2. The lowest BCUT2D eigenvalue weighted by Gasteiger charge is -2.05. The average Bonchev–Trinajstić information content (AvgIpc) is 2.38. The summed E-state index contributed by atoms with van der Waals surface area (Å²) in [5.41, 5.74) is -0.556. The third kappa shape index (κ3) is 3.08. The molecule has 0 atom stereocenters. The Morgan fingerprint density at radius 3 is 2.95 bits per heavy atom. The second-order valence-corrected chi connectivity index (χ2v) is 3.81. The molecule has 0 spiro atoms. The van der Waals surface area contributed by atoms with Gasteiger partial charge in [-0.2, -0.15) is 4.98 Å². The fourth-order valence-corrected chi connectivity index (χ4v) is 1.50. The van der Waals surface area contributed by atoms with E-state index in [0.717, 1.165) is 0 Å². The number of hydrogen-bond acceptors (Lipinski definition) is 5. The molecule has 0 aliphatic rings. The van der Waals surface area contributed by atoms with Gasteiger partial charge in [0.2, 0.25) is 11.8 Å². The van der Waals surface area contributed by atoms with Gasteiger partial charge in [0.1, 0.15) is 10.7 Å². The van der Waals surface area contributed by atoms with Crippen LogP contribution in [0.5, 0.6) is 5.88 Å². The van der Waals surface area contributed by atoms with Crippen molar-refractivity contribution >= 4 is 23.5 Å². The molecule has 98 valence electrons. The summed E-state index contributed by atoms with van der Waals surface area (Å²) in [5, 5.41) is 2.48. The molecule has 0 aromatic carbocycles. The first kappa shape index (κ1) is 13.0. The van der Waals surface area contributed by atoms with E-state index >= 15 is 0 Å². The monoisotopic (exact) mass is 280 g/mol. The molecule has 0 saturated heterocycles. The van der Waals surface area contributed by atoms with E-state index < -0.39 is 11.5 Å². The van der Waals surface area contributed by atoms with E-state index in [1.165, 1.54) is 31.5 Å². The first-order chi connectivity index (χ1) is 9.10. The zero-order valence-electron chi connectivity index (χ0n) is 9.81. The van der Waals surface area contributed by atoms with E-state index in [4.69, 9.17) is 16.3 Å². The lowest BCUT2D eigenvalue weighted by Crippen LogP contribution is -2.23. The van der Waals surface area contributed by atoms with Crippen molar-refractivity contribution < 1.29 is 9.53 Å². The zero-order chi connectivity index (χ0) is 13.8. The highest BCUT2D eigenvalue weighted by Gasteiger charge is 2.12. The number of H-pyrrole nitrogens is 1. The number of carbonyl (C=O) groups excluding carboxylic acids is 1. The van der Waals surface area contributed by atoms with Gasteiger partial charge >= 0.3 is 0 Å². The molecule has 2 N–H and O–H groups in total. The Morgan fingerprint density at radius 2 is 2.26 bits per heavy atom. The second-order valence-electron chi connectivity index (χ2n) is 3.42. The topological polar surface area (TPSA) is 97.0 Å². The number of amides is 1. The third-order valence-electron chi connectivity index (χ3n) is 2.17. The molecule has 0 saturated carbocycles. The largest absolute Gasteiger partial charge is 0.481 e. The van der Waals surface area contributed by atoms with Crippen molar-refractivity contribution in [3.8, 4) is 5.88 Å². The van der Waals surface area contributed by atoms with Crippen LogP contribution < -0.4 is 15.6 Å². The molecule has 0 aliphatic carbocycles. The molecule has 0 unspecified atom stereocenters. The van der Waals surface area contributed by atoms with Gasteiger partial charge in [0.25, 0.3) is 11.5 Å². The Balaban J connectivity index is 2.27. The lowest BCUT2D eigenvalue weighted by molar-refractivity contribution is 0.102. The van der Waals surface area contributed by atoms with Crippen LogP contribution in [0, 0.1) is 0 Å². The maximum Gasteiger partial charge on any atom is 0.263 e. The lowest BCUT2D eigenvalue weighted by atomic mass is 10.2. The smallest absolute Gasteiger partial charge is 0.263 e. The first-order valence-corrected chi connectivity index (χ1v) is 5.55. The van der Waals surface area contributed by atoms with E-state index in [2.05, 4.69) is 20.3 Å². The van der Waals surface area contributed by atoms with Crippen LogP contribution in [-0.4, -0.2) is 28.0 Å². The minimum atomic E-state index is -0.633. The summed E-state index contributed by atoms with van der Waals surface area (Å²) in [4.78, 5) is 33.4. The highest BCUT2D eigenvalue weighted by atomic mass is 35.5. The molecule has 0 radical (unpaired) electrons. The molecule has 19 heavy (non-hydrogen) atoms. The Hall–Kier alpha value is -2.41. The number of nitrogens with one attached hydrogen (secondary N) is 2. The molecule has 0 aliphatic heterocycles. The van der Waals surface area contributed by atoms with Gasteiger partial charge in [-0.1, -0.05) is 11.6 Å². The van der Waals surface area contributed by atoms with Crippen molar-refractivity contribution in [2.24, 2.45) is 0 Å². The molecule has 8 heteroatoms. The van der Waals surface area contributed by atoms with Gasteiger partial charge in [-0.05, 0) is 12.1 Å². The van der Waals surface area contributed by atoms with Crippen LogP contribution in [0.4, 0.5) is 5.95 Å². The van der Waals surface area contributed by atoms with E-state index in [-0.39, 0.29) is 22.5 Å². The van der Waals surface area contributed by atoms with Crippen LogP contribution in [0.3, 0.4) is 0 Å². The summed E-state index contributed by atoms with van der Waals surface area (Å²) in [6.07, 6.45) is 1.43. The van der Waals surface area contributed by atoms with Gasteiger partial charge in [0.15, 0.2) is 0 Å². The number of aromatic nitrogens is 3. The minimum absolute atomic E-state index is 0.0439. The molecule has 0 bridgehead atoms. The van der Waals surface area contributed by atoms with E-state index in [1.807, 2.05) is 0 Å². The van der Waals surface area contributed by atoms with Crippen molar-refractivity contribution in [1.29, 1.82) is 0 Å². The Bertz CT molecular complexity index is 671. The van der Waals surface area contributed by atoms with Crippen LogP contribution in [0.15, 0.2) is 29.2 Å². The fourth-order valence-electron chi connectivity index (χ4n) is 1.33. The second kappa shape index (κ2) is 5.49. The Labute approximate surface area is 112 Å². The first-order valence-electron chi connectivity index (χ1n) is 5.18. The summed E-state index contributed by atoms with van der Waals surface area (Å²) >= 11 is 5.74. The van der Waals surface area contributed by atoms with Crippen molar-refractivity contribution in [2.75, 3.05) is 12.4 Å². The molecule has 2 rings (SSSR count). The zero-order valence-corrected chi connectivity index (χ0v) is 10.6. The van der Waals surface area contributed by atoms with Crippen molar-refractivity contribution in [3.05, 3.63) is 45.5 Å². The Kier molecular flexibility index (Phi) is 3.76. The number of halogens is 1. The van der Waals surface area contributed by atoms with Gasteiger partial charge in [0.05, 0.1) is 7.11 Å². The number of aromatic amines is 1. The number of methoxy groups -OCH3 is 1. The van der Waals surface area contributed by atoms with E-state index in [1.54, 1.807) is 0 Å². The van der Waals surface area contributed by atoms with Crippen LogP contribution in [-0.2, 0) is 0 Å². The molecule has 7 nitrogen and oxygen atoms in total. The summed E-state index contributed by atoms with van der Waals surface area (Å²) in [7, 11) is 1.41. The molecular formula is C11H9ClN4O3. The average molecular weight is 281 g/mol. The quantitative estimate of drug-likeness (QED) is 0.820. The molecule has 0 fully saturated rings. The number of ether oxygens (including phenoxy) is 1. The summed E-state index contributed by atoms with van der Waals surface area (Å²) in [5.74, 6) is -0.471. The Morgan fingerprint density at radius 1 is 1.47 bits per heavy atom. The van der Waals surface area contributed by atoms with Crippen LogP contribution in [0.25, 0.3) is 0 Å². The highest BCUT2D eigenvalue weighted by Crippen LogP contribution is 2.15. The number of rotatable bonds is 3. The number of pyridine rings is 1. The standard InChI is InChI=1S/C11H9ClN4O3/c1-19-8-5-7(12)14-11(15-8)16-10(18)6-3-2-4-13-9(6)17/h2-5H,1H3,(H,13,17)(H,14,15,16,18). The van der Waals surface area contributed by atoms with Crippen LogP contribution >= 0.6 is 11.6 Å². The van der Waals surface area contributed by atoms with E-state index in [9.17, 15) is 9.59 Å². The van der Waals surface area contributed by atoms with Gasteiger partial charge in [-0.25, -0.2) is 4.98 Å². The van der Waals surface area contributed by atoms with E-state index in [0.29, 0.717) is 0 Å². The van der Waals surface area contributed by atoms with Gasteiger partial charge in [-0.15, -0.1) is 0 Å². The normalized spacial score (nSPS) is 10.0. The maximum absolute atomic E-state index is 11.9. The SMILES string of the molecule is COc1cc(Cl)nc(NC(=O)c2ccc[nH]c2=O)n1. The fraction of sp³-hybridized carbons (Fsp3) is 0.0909. The third-order valence-corrected chi connectivity index (χ3v) is 2.36. The van der Waals surface area contributed by atoms with Crippen molar-refractivity contribution in [2.45, 2.75) is 0 Å². The summed E-state index contributed by atoms with van der Waals surface area (Å²) < 4.78 is 4.89. The number of carbonyl (C=O) groups is 1. The maximum atomic E-state index is 11.9. The highest BCUT2D eigenvalue weighted by molar-refractivity contribution is 6.29. The molecule has 2 aromatic heterocycles. The summed E-state index contributed by atoms with van der Waals surface area (Å²) in [6, 6.07) is 4.32.